The zero-order chi connectivity index (χ0) is 7.98. The molecule has 0 aromatic rings. The molecule has 0 bridgehead atoms. The highest BCUT2D eigenvalue weighted by atomic mass is 16.5. The van der Waals surface area contributed by atoms with E-state index in [9.17, 15) is 4.79 Å². The van der Waals surface area contributed by atoms with Crippen molar-refractivity contribution < 1.29 is 9.53 Å². The fourth-order valence-electron chi connectivity index (χ4n) is 0.584. The number of rotatable bonds is 4. The first-order chi connectivity index (χ1) is 4.70. The van der Waals surface area contributed by atoms with E-state index in [4.69, 9.17) is 5.73 Å². The Balaban J connectivity index is 3.37. The first-order valence-electron chi connectivity index (χ1n) is 3.16. The molecule has 0 radical (unpaired) electrons. The molecule has 0 aliphatic carbocycles. The van der Waals surface area contributed by atoms with Gasteiger partial charge in [0, 0.05) is 13.1 Å². The van der Waals surface area contributed by atoms with Gasteiger partial charge in [0.25, 0.3) is 0 Å². The summed E-state index contributed by atoms with van der Waals surface area (Å²) >= 11 is 0. The third-order valence-corrected chi connectivity index (χ3v) is 1.14. The number of nitrogens with two attached hydrogens (primary N) is 1. The van der Waals surface area contributed by atoms with Gasteiger partial charge in [0.1, 0.15) is 0 Å². The Morgan fingerprint density at radius 2 is 2.30 bits per heavy atom. The zero-order valence-electron chi connectivity index (χ0n) is 6.46. The monoisotopic (exact) mass is 146 g/mol. The highest BCUT2D eigenvalue weighted by Gasteiger charge is 2.03. The lowest BCUT2D eigenvalue weighted by Crippen LogP contribution is -2.31. The number of methoxy groups -OCH3 is 1. The predicted octanol–water partition coefficient (Wildman–Crippen LogP) is -0.950. The van der Waals surface area contributed by atoms with Crippen LogP contribution in [0.4, 0.5) is 0 Å². The molecule has 0 aromatic carbocycles. The summed E-state index contributed by atoms with van der Waals surface area (Å²) in [4.78, 5) is 12.4. The number of hydrogen-bond acceptors (Lipinski definition) is 4. The summed E-state index contributed by atoms with van der Waals surface area (Å²) < 4.78 is 4.45. The number of hydrogen-bond donors (Lipinski definition) is 1. The maximum atomic E-state index is 10.6. The molecule has 10 heavy (non-hydrogen) atoms. The quantitative estimate of drug-likeness (QED) is 0.519. The molecular formula is C6H14N2O2. The van der Waals surface area contributed by atoms with Crippen LogP contribution in [-0.4, -0.2) is 44.7 Å². The van der Waals surface area contributed by atoms with Gasteiger partial charge in [-0.1, -0.05) is 0 Å². The molecule has 0 fully saturated rings. The number of likely N-dealkylation sites (N-methyl/N-ethyl adjacent to an activating group) is 1. The standard InChI is InChI=1S/C6H14N2O2/c1-8(4-3-7)5-6(9)10-2/h3-5,7H2,1-2H3. The minimum atomic E-state index is -0.226. The average molecular weight is 146 g/mol. The van der Waals surface area contributed by atoms with E-state index in [2.05, 4.69) is 4.74 Å². The lowest BCUT2D eigenvalue weighted by Gasteiger charge is -2.12. The Bertz CT molecular complexity index is 106. The molecule has 0 spiro atoms. The SMILES string of the molecule is COC(=O)CN(C)CCN. The van der Waals surface area contributed by atoms with Gasteiger partial charge in [0.05, 0.1) is 13.7 Å². The highest BCUT2D eigenvalue weighted by Crippen LogP contribution is 1.81. The van der Waals surface area contributed by atoms with Crippen LogP contribution >= 0.6 is 0 Å². The van der Waals surface area contributed by atoms with Crippen LogP contribution in [0.3, 0.4) is 0 Å². The van der Waals surface area contributed by atoms with E-state index < -0.39 is 0 Å². The van der Waals surface area contributed by atoms with Crippen LogP contribution < -0.4 is 5.73 Å². The van der Waals surface area contributed by atoms with Crippen LogP contribution in [-0.2, 0) is 9.53 Å². The zero-order valence-corrected chi connectivity index (χ0v) is 6.46. The van der Waals surface area contributed by atoms with E-state index in [1.165, 1.54) is 7.11 Å². The fourth-order valence-corrected chi connectivity index (χ4v) is 0.584. The van der Waals surface area contributed by atoms with Gasteiger partial charge in [-0.25, -0.2) is 0 Å². The van der Waals surface area contributed by atoms with E-state index in [0.29, 0.717) is 13.1 Å². The smallest absolute Gasteiger partial charge is 0.319 e. The molecule has 60 valence electrons. The van der Waals surface area contributed by atoms with Gasteiger partial charge in [-0.05, 0) is 7.05 Å². The van der Waals surface area contributed by atoms with Gasteiger partial charge < -0.3 is 10.5 Å². The number of esters is 1. The van der Waals surface area contributed by atoms with Crippen molar-refractivity contribution in [2.45, 2.75) is 0 Å². The summed E-state index contributed by atoms with van der Waals surface area (Å²) in [7, 11) is 3.20. The van der Waals surface area contributed by atoms with Gasteiger partial charge >= 0.3 is 5.97 Å². The molecule has 0 unspecified atom stereocenters. The molecule has 4 heteroatoms. The lowest BCUT2D eigenvalue weighted by atomic mass is 10.5. The van der Waals surface area contributed by atoms with E-state index in [0.717, 1.165) is 6.54 Å². The molecular weight excluding hydrogens is 132 g/mol. The number of carbonyl (C=O) groups excluding carboxylic acids is 1. The summed E-state index contributed by atoms with van der Waals surface area (Å²) in [5.74, 6) is -0.226. The van der Waals surface area contributed by atoms with E-state index >= 15 is 0 Å². The van der Waals surface area contributed by atoms with Crippen molar-refractivity contribution in [1.29, 1.82) is 0 Å². The Labute approximate surface area is 60.9 Å². The van der Waals surface area contributed by atoms with Crippen LogP contribution in [0.1, 0.15) is 0 Å². The third-order valence-electron chi connectivity index (χ3n) is 1.14. The molecule has 0 rings (SSSR count). The molecule has 0 saturated carbocycles. The molecule has 0 saturated heterocycles. The molecule has 0 aromatic heterocycles. The molecule has 0 heterocycles. The molecule has 0 atom stereocenters. The second kappa shape index (κ2) is 5.20. The Hall–Kier alpha value is -0.610. The van der Waals surface area contributed by atoms with Crippen LogP contribution in [0, 0.1) is 0 Å². The average Bonchev–Trinajstić information content (AvgIpc) is 1.88. The second-order valence-corrected chi connectivity index (χ2v) is 2.10. The Kier molecular flexibility index (Phi) is 4.88. The highest BCUT2D eigenvalue weighted by molar-refractivity contribution is 5.71. The number of ether oxygens (including phenoxy) is 1. The maximum absolute atomic E-state index is 10.6. The van der Waals surface area contributed by atoms with Gasteiger partial charge in [0.15, 0.2) is 0 Å². The Morgan fingerprint density at radius 3 is 2.70 bits per heavy atom. The molecule has 0 aliphatic heterocycles. The number of nitrogens with zero attached hydrogens (tertiary/aromatic N) is 1. The van der Waals surface area contributed by atoms with Gasteiger partial charge in [0.2, 0.25) is 0 Å². The lowest BCUT2D eigenvalue weighted by molar-refractivity contribution is -0.141. The normalized spacial score (nSPS) is 10.0. The predicted molar refractivity (Wildman–Crippen MR) is 38.6 cm³/mol. The minimum Gasteiger partial charge on any atom is -0.468 e. The third kappa shape index (κ3) is 4.29. The summed E-state index contributed by atoms with van der Waals surface area (Å²) in [5.41, 5.74) is 5.25. The van der Waals surface area contributed by atoms with Crippen molar-refractivity contribution in [2.75, 3.05) is 33.8 Å². The molecule has 0 amide bonds. The first kappa shape index (κ1) is 9.39. The summed E-state index contributed by atoms with van der Waals surface area (Å²) in [6, 6.07) is 0. The summed E-state index contributed by atoms with van der Waals surface area (Å²) in [6.45, 7) is 1.59. The van der Waals surface area contributed by atoms with Crippen LogP contribution in [0.15, 0.2) is 0 Å². The van der Waals surface area contributed by atoms with Crippen LogP contribution in [0.2, 0.25) is 0 Å². The van der Waals surface area contributed by atoms with E-state index in [1.54, 1.807) is 0 Å². The van der Waals surface area contributed by atoms with E-state index in [-0.39, 0.29) is 5.97 Å². The topological polar surface area (TPSA) is 55.6 Å². The number of carbonyl (C=O) groups is 1. The first-order valence-corrected chi connectivity index (χ1v) is 3.16. The summed E-state index contributed by atoms with van der Waals surface area (Å²) in [6.07, 6.45) is 0. The van der Waals surface area contributed by atoms with Crippen molar-refractivity contribution in [2.24, 2.45) is 5.73 Å². The Morgan fingerprint density at radius 1 is 1.70 bits per heavy atom. The van der Waals surface area contributed by atoms with E-state index in [1.807, 2.05) is 11.9 Å². The maximum Gasteiger partial charge on any atom is 0.319 e. The van der Waals surface area contributed by atoms with Gasteiger partial charge in [-0.2, -0.15) is 0 Å². The van der Waals surface area contributed by atoms with Crippen LogP contribution in [0.25, 0.3) is 0 Å². The van der Waals surface area contributed by atoms with Crippen molar-refractivity contribution in [3.63, 3.8) is 0 Å². The molecule has 4 nitrogen and oxygen atoms in total. The van der Waals surface area contributed by atoms with Gasteiger partial charge in [-0.3, -0.25) is 9.69 Å². The van der Waals surface area contributed by atoms with Gasteiger partial charge in [-0.15, -0.1) is 0 Å². The van der Waals surface area contributed by atoms with Crippen molar-refractivity contribution in [1.82, 2.24) is 4.90 Å². The summed E-state index contributed by atoms with van der Waals surface area (Å²) in [5, 5.41) is 0. The largest absolute Gasteiger partial charge is 0.468 e. The molecule has 0 aliphatic rings. The fraction of sp³-hybridized carbons (Fsp3) is 0.833. The molecule has 2 N–H and O–H groups in total. The minimum absolute atomic E-state index is 0.226. The van der Waals surface area contributed by atoms with Crippen molar-refractivity contribution >= 4 is 5.97 Å². The van der Waals surface area contributed by atoms with Crippen LogP contribution in [0.5, 0.6) is 0 Å². The van der Waals surface area contributed by atoms with Crippen molar-refractivity contribution in [3.05, 3.63) is 0 Å². The second-order valence-electron chi connectivity index (χ2n) is 2.10. The van der Waals surface area contributed by atoms with Crippen molar-refractivity contribution in [3.8, 4) is 0 Å².